The Balaban J connectivity index is 2.81. The van der Waals surface area contributed by atoms with Crippen LogP contribution in [-0.2, 0) is 0 Å². The van der Waals surface area contributed by atoms with Crippen molar-refractivity contribution in [2.24, 2.45) is 11.1 Å². The molecule has 0 radical (unpaired) electrons. The van der Waals surface area contributed by atoms with Gasteiger partial charge in [0.2, 0.25) is 0 Å². The van der Waals surface area contributed by atoms with Crippen LogP contribution in [0.4, 0.5) is 4.39 Å². The molecular formula is C14H22FNO2. The van der Waals surface area contributed by atoms with Crippen molar-refractivity contribution in [3.63, 3.8) is 0 Å². The van der Waals surface area contributed by atoms with Crippen LogP contribution in [0, 0.1) is 11.2 Å². The van der Waals surface area contributed by atoms with Gasteiger partial charge in [-0.3, -0.25) is 0 Å². The third kappa shape index (κ3) is 3.68. The van der Waals surface area contributed by atoms with Crippen LogP contribution in [0.1, 0.15) is 38.9 Å². The Hall–Kier alpha value is -1.13. The van der Waals surface area contributed by atoms with Crippen molar-refractivity contribution >= 4 is 0 Å². The van der Waals surface area contributed by atoms with Gasteiger partial charge in [0, 0.05) is 6.04 Å². The van der Waals surface area contributed by atoms with Crippen molar-refractivity contribution in [3.05, 3.63) is 29.6 Å². The van der Waals surface area contributed by atoms with Gasteiger partial charge in [0.15, 0.2) is 11.6 Å². The van der Waals surface area contributed by atoms with Crippen molar-refractivity contribution in [2.75, 3.05) is 7.11 Å². The van der Waals surface area contributed by atoms with Crippen LogP contribution in [0.2, 0.25) is 0 Å². The molecule has 3 N–H and O–H groups in total. The van der Waals surface area contributed by atoms with Gasteiger partial charge >= 0.3 is 0 Å². The van der Waals surface area contributed by atoms with Crippen molar-refractivity contribution < 1.29 is 14.2 Å². The maximum absolute atomic E-state index is 13.3. The highest BCUT2D eigenvalue weighted by Gasteiger charge is 2.24. The van der Waals surface area contributed by atoms with Crippen molar-refractivity contribution in [1.82, 2.24) is 0 Å². The van der Waals surface area contributed by atoms with E-state index >= 15 is 0 Å². The predicted octanol–water partition coefficient (Wildman–Crippen LogP) is 2.63. The SMILES string of the molecule is COc1cc([C@@H](O)C[C@@H](N)C(C)(C)C)ccc1F. The first-order valence-electron chi connectivity index (χ1n) is 6.02. The average molecular weight is 255 g/mol. The van der Waals surface area contributed by atoms with Crippen molar-refractivity contribution in [3.8, 4) is 5.75 Å². The van der Waals surface area contributed by atoms with Gasteiger partial charge in [-0.1, -0.05) is 26.8 Å². The first-order chi connectivity index (χ1) is 8.25. The molecule has 0 aliphatic rings. The number of nitrogens with two attached hydrogens (primary N) is 1. The highest BCUT2D eigenvalue weighted by molar-refractivity contribution is 5.31. The molecule has 0 spiro atoms. The topological polar surface area (TPSA) is 55.5 Å². The Morgan fingerprint density at radius 2 is 2.00 bits per heavy atom. The fraction of sp³-hybridized carbons (Fsp3) is 0.571. The second kappa shape index (κ2) is 5.67. The minimum absolute atomic E-state index is 0.0783. The van der Waals surface area contributed by atoms with Crippen LogP contribution in [0.15, 0.2) is 18.2 Å². The largest absolute Gasteiger partial charge is 0.494 e. The Bertz CT molecular complexity index is 401. The van der Waals surface area contributed by atoms with Gasteiger partial charge in [-0.15, -0.1) is 0 Å². The van der Waals surface area contributed by atoms with E-state index in [-0.39, 0.29) is 17.2 Å². The number of rotatable bonds is 4. The van der Waals surface area contributed by atoms with Gasteiger partial charge in [-0.25, -0.2) is 4.39 Å². The molecule has 0 aromatic heterocycles. The van der Waals surface area contributed by atoms with E-state index in [2.05, 4.69) is 0 Å². The summed E-state index contributed by atoms with van der Waals surface area (Å²) in [4.78, 5) is 0. The van der Waals surface area contributed by atoms with Gasteiger partial charge in [0.25, 0.3) is 0 Å². The predicted molar refractivity (Wildman–Crippen MR) is 70.0 cm³/mol. The summed E-state index contributed by atoms with van der Waals surface area (Å²) in [7, 11) is 1.40. The number of halogens is 1. The molecule has 0 saturated carbocycles. The molecule has 4 heteroatoms. The number of methoxy groups -OCH3 is 1. The third-order valence-corrected chi connectivity index (χ3v) is 3.15. The van der Waals surface area contributed by atoms with Crippen LogP contribution >= 0.6 is 0 Å². The van der Waals surface area contributed by atoms with Crippen molar-refractivity contribution in [1.29, 1.82) is 0 Å². The van der Waals surface area contributed by atoms with Gasteiger partial charge in [-0.05, 0) is 29.5 Å². The molecule has 0 saturated heterocycles. The van der Waals surface area contributed by atoms with Crippen LogP contribution in [0.25, 0.3) is 0 Å². The van der Waals surface area contributed by atoms with Gasteiger partial charge < -0.3 is 15.6 Å². The molecule has 3 nitrogen and oxygen atoms in total. The zero-order valence-corrected chi connectivity index (χ0v) is 11.4. The van der Waals surface area contributed by atoms with Gasteiger partial charge in [0.05, 0.1) is 13.2 Å². The fourth-order valence-electron chi connectivity index (χ4n) is 1.61. The summed E-state index contributed by atoms with van der Waals surface area (Å²) in [5, 5.41) is 10.1. The highest BCUT2D eigenvalue weighted by atomic mass is 19.1. The summed E-state index contributed by atoms with van der Waals surface area (Å²) < 4.78 is 18.1. The summed E-state index contributed by atoms with van der Waals surface area (Å²) >= 11 is 0. The molecule has 1 aromatic rings. The minimum Gasteiger partial charge on any atom is -0.494 e. The summed E-state index contributed by atoms with van der Waals surface area (Å²) in [6.45, 7) is 6.07. The second-order valence-electron chi connectivity index (χ2n) is 5.62. The molecule has 102 valence electrons. The Kier molecular flexibility index (Phi) is 4.71. The van der Waals surface area contributed by atoms with E-state index in [1.807, 2.05) is 20.8 Å². The maximum Gasteiger partial charge on any atom is 0.165 e. The van der Waals surface area contributed by atoms with E-state index in [9.17, 15) is 9.50 Å². The average Bonchev–Trinajstić information content (AvgIpc) is 2.28. The lowest BCUT2D eigenvalue weighted by molar-refractivity contribution is 0.133. The quantitative estimate of drug-likeness (QED) is 0.869. The van der Waals surface area contributed by atoms with E-state index in [0.29, 0.717) is 12.0 Å². The lowest BCUT2D eigenvalue weighted by Gasteiger charge is -2.29. The molecule has 0 bridgehead atoms. The smallest absolute Gasteiger partial charge is 0.165 e. The Morgan fingerprint density at radius 1 is 1.39 bits per heavy atom. The van der Waals surface area contributed by atoms with Crippen LogP contribution in [-0.4, -0.2) is 18.3 Å². The third-order valence-electron chi connectivity index (χ3n) is 3.15. The maximum atomic E-state index is 13.3. The van der Waals surface area contributed by atoms with E-state index in [1.54, 1.807) is 6.07 Å². The Labute approximate surface area is 108 Å². The standard InChI is InChI=1S/C14H22FNO2/c1-14(2,3)13(16)8-11(17)9-5-6-10(15)12(7-9)18-4/h5-7,11,13,17H,8,16H2,1-4H3/t11-,13+/m0/s1. The summed E-state index contributed by atoms with van der Waals surface area (Å²) in [6.07, 6.45) is -0.285. The molecule has 1 aromatic carbocycles. The van der Waals surface area contributed by atoms with E-state index in [1.165, 1.54) is 19.2 Å². The van der Waals surface area contributed by atoms with E-state index in [0.717, 1.165) is 0 Å². The molecule has 0 aliphatic carbocycles. The van der Waals surface area contributed by atoms with Crippen LogP contribution in [0.5, 0.6) is 5.75 Å². The summed E-state index contributed by atoms with van der Waals surface area (Å²) in [5.41, 5.74) is 6.56. The highest BCUT2D eigenvalue weighted by Crippen LogP contribution is 2.29. The molecule has 0 heterocycles. The zero-order chi connectivity index (χ0) is 13.9. The summed E-state index contributed by atoms with van der Waals surface area (Å²) in [5.74, 6) is -0.301. The first-order valence-corrected chi connectivity index (χ1v) is 6.02. The van der Waals surface area contributed by atoms with Crippen LogP contribution in [0.3, 0.4) is 0 Å². The Morgan fingerprint density at radius 3 is 2.50 bits per heavy atom. The molecular weight excluding hydrogens is 233 g/mol. The van der Waals surface area contributed by atoms with E-state index < -0.39 is 11.9 Å². The number of ether oxygens (including phenoxy) is 1. The molecule has 1 rings (SSSR count). The molecule has 0 unspecified atom stereocenters. The number of aliphatic hydroxyl groups is 1. The second-order valence-corrected chi connectivity index (χ2v) is 5.62. The number of hydrogen-bond acceptors (Lipinski definition) is 3. The molecule has 0 aliphatic heterocycles. The van der Waals surface area contributed by atoms with E-state index in [4.69, 9.17) is 10.5 Å². The number of hydrogen-bond donors (Lipinski definition) is 2. The minimum atomic E-state index is -0.714. The molecule has 0 fully saturated rings. The molecule has 18 heavy (non-hydrogen) atoms. The van der Waals surface area contributed by atoms with Crippen molar-refractivity contribution in [2.45, 2.75) is 39.3 Å². The van der Waals surface area contributed by atoms with Gasteiger partial charge in [0.1, 0.15) is 0 Å². The number of benzene rings is 1. The normalized spacial score (nSPS) is 15.3. The zero-order valence-electron chi connectivity index (χ0n) is 11.4. The van der Waals surface area contributed by atoms with Gasteiger partial charge in [-0.2, -0.15) is 0 Å². The van der Waals surface area contributed by atoms with Crippen LogP contribution < -0.4 is 10.5 Å². The molecule has 0 amide bonds. The molecule has 2 atom stereocenters. The summed E-state index contributed by atoms with van der Waals surface area (Å²) in [6, 6.07) is 4.22. The monoisotopic (exact) mass is 255 g/mol. The number of aliphatic hydroxyl groups excluding tert-OH is 1. The fourth-order valence-corrected chi connectivity index (χ4v) is 1.61. The lowest BCUT2D eigenvalue weighted by atomic mass is 9.83. The lowest BCUT2D eigenvalue weighted by Crippen LogP contribution is -2.36. The first kappa shape index (κ1) is 14.9.